The molecule has 27 heavy (non-hydrogen) atoms. The molecule has 0 saturated carbocycles. The van der Waals surface area contributed by atoms with Gasteiger partial charge in [-0.3, -0.25) is 14.7 Å². The van der Waals surface area contributed by atoms with E-state index in [-0.39, 0.29) is 12.0 Å². The number of pyridine rings is 1. The van der Waals surface area contributed by atoms with Crippen LogP contribution in [-0.2, 0) is 22.6 Å². The smallest absolute Gasteiger partial charge is 0.481 e. The van der Waals surface area contributed by atoms with Crippen LogP contribution in [0.15, 0.2) is 18.3 Å². The second kappa shape index (κ2) is 9.68. The molecule has 2 heterocycles. The number of hydrogen-bond donors (Lipinski definition) is 2. The van der Waals surface area contributed by atoms with Crippen molar-refractivity contribution in [1.29, 1.82) is 0 Å². The second-order valence-electron chi connectivity index (χ2n) is 6.60. The van der Waals surface area contributed by atoms with Crippen molar-refractivity contribution in [2.75, 3.05) is 0 Å². The minimum atomic E-state index is -5.08. The fraction of sp³-hybridized carbons (Fsp3) is 0.611. The molecular formula is C18H25F3N2O4. The molecule has 3 unspecified atom stereocenters. The number of aromatic nitrogens is 1. The third kappa shape index (κ3) is 6.82. The number of hydrogen-bond acceptors (Lipinski definition) is 4. The number of likely N-dealkylation sites (tertiary alicyclic amines) is 1. The molecule has 1 aliphatic rings. The number of carboxylic acid groups (broad SMARTS) is 2. The number of rotatable bonds is 4. The van der Waals surface area contributed by atoms with Crippen molar-refractivity contribution in [3.05, 3.63) is 29.6 Å². The lowest BCUT2D eigenvalue weighted by molar-refractivity contribution is -0.192. The minimum Gasteiger partial charge on any atom is -0.481 e. The summed E-state index contributed by atoms with van der Waals surface area (Å²) in [6.07, 6.45) is -0.459. The average Bonchev–Trinajstić information content (AvgIpc) is 2.58. The first kappa shape index (κ1) is 22.9. The van der Waals surface area contributed by atoms with Gasteiger partial charge in [0.25, 0.3) is 0 Å². The summed E-state index contributed by atoms with van der Waals surface area (Å²) in [7, 11) is 0. The van der Waals surface area contributed by atoms with Gasteiger partial charge in [0.2, 0.25) is 0 Å². The largest absolute Gasteiger partial charge is 0.490 e. The number of piperidine rings is 1. The normalized spacial score (nSPS) is 23.3. The lowest BCUT2D eigenvalue weighted by Gasteiger charge is -2.42. The van der Waals surface area contributed by atoms with Gasteiger partial charge in [-0.1, -0.05) is 13.0 Å². The molecule has 1 aromatic rings. The molecule has 1 saturated heterocycles. The van der Waals surface area contributed by atoms with Gasteiger partial charge >= 0.3 is 18.1 Å². The van der Waals surface area contributed by atoms with E-state index in [4.69, 9.17) is 9.90 Å². The number of alkyl halides is 3. The predicted molar refractivity (Wildman–Crippen MR) is 92.1 cm³/mol. The highest BCUT2D eigenvalue weighted by atomic mass is 19.4. The summed E-state index contributed by atoms with van der Waals surface area (Å²) < 4.78 is 31.7. The zero-order valence-corrected chi connectivity index (χ0v) is 15.5. The SMILES string of the molecule is CCc1ccc(CN2C(C)CCC(C(=O)O)C2C)nc1.O=C(O)C(F)(F)F. The summed E-state index contributed by atoms with van der Waals surface area (Å²) in [6.45, 7) is 7.04. The van der Waals surface area contributed by atoms with Crippen molar-refractivity contribution < 1.29 is 33.0 Å². The summed E-state index contributed by atoms with van der Waals surface area (Å²) in [5.41, 5.74) is 2.25. The first-order valence-electron chi connectivity index (χ1n) is 8.69. The van der Waals surface area contributed by atoms with Gasteiger partial charge in [0.15, 0.2) is 0 Å². The van der Waals surface area contributed by atoms with Gasteiger partial charge in [-0.2, -0.15) is 13.2 Å². The zero-order valence-electron chi connectivity index (χ0n) is 15.5. The van der Waals surface area contributed by atoms with Crippen LogP contribution in [0, 0.1) is 5.92 Å². The molecule has 3 atom stereocenters. The lowest BCUT2D eigenvalue weighted by Crippen LogP contribution is -2.50. The van der Waals surface area contributed by atoms with Gasteiger partial charge in [-0.05, 0) is 44.7 Å². The molecule has 0 spiro atoms. The first-order chi connectivity index (χ1) is 12.5. The van der Waals surface area contributed by atoms with Crippen molar-refractivity contribution in [1.82, 2.24) is 9.88 Å². The quantitative estimate of drug-likeness (QED) is 0.819. The van der Waals surface area contributed by atoms with Crippen molar-refractivity contribution in [3.63, 3.8) is 0 Å². The fourth-order valence-electron chi connectivity index (χ4n) is 3.03. The van der Waals surface area contributed by atoms with Gasteiger partial charge in [-0.25, -0.2) is 4.79 Å². The first-order valence-corrected chi connectivity index (χ1v) is 8.69. The Morgan fingerprint density at radius 3 is 2.22 bits per heavy atom. The van der Waals surface area contributed by atoms with Crippen LogP contribution in [-0.4, -0.2) is 50.3 Å². The van der Waals surface area contributed by atoms with Gasteiger partial charge in [0.1, 0.15) is 0 Å². The highest BCUT2D eigenvalue weighted by Crippen LogP contribution is 2.29. The molecule has 2 rings (SSSR count). The predicted octanol–water partition coefficient (Wildman–Crippen LogP) is 3.35. The Bertz CT molecular complexity index is 634. The van der Waals surface area contributed by atoms with Crippen LogP contribution in [0.4, 0.5) is 13.2 Å². The monoisotopic (exact) mass is 390 g/mol. The molecule has 0 amide bonds. The molecular weight excluding hydrogens is 365 g/mol. The number of carbonyl (C=O) groups is 2. The number of nitrogens with zero attached hydrogens (tertiary/aromatic N) is 2. The Morgan fingerprint density at radius 2 is 1.81 bits per heavy atom. The number of halogens is 3. The second-order valence-corrected chi connectivity index (χ2v) is 6.60. The van der Waals surface area contributed by atoms with E-state index >= 15 is 0 Å². The maximum absolute atomic E-state index is 11.3. The van der Waals surface area contributed by atoms with Crippen LogP contribution in [0.3, 0.4) is 0 Å². The Kier molecular flexibility index (Phi) is 8.20. The molecule has 152 valence electrons. The molecule has 0 aliphatic carbocycles. The Balaban J connectivity index is 0.000000445. The van der Waals surface area contributed by atoms with Gasteiger partial charge in [-0.15, -0.1) is 0 Å². The van der Waals surface area contributed by atoms with Gasteiger partial charge in [0, 0.05) is 24.8 Å². The van der Waals surface area contributed by atoms with Gasteiger partial charge < -0.3 is 10.2 Å². The summed E-state index contributed by atoms with van der Waals surface area (Å²) >= 11 is 0. The lowest BCUT2D eigenvalue weighted by atomic mass is 9.86. The minimum absolute atomic E-state index is 0.0592. The van der Waals surface area contributed by atoms with Crippen molar-refractivity contribution in [2.45, 2.75) is 64.8 Å². The highest BCUT2D eigenvalue weighted by Gasteiger charge is 2.38. The Morgan fingerprint density at radius 1 is 1.22 bits per heavy atom. The van der Waals surface area contributed by atoms with Crippen molar-refractivity contribution in [2.24, 2.45) is 5.92 Å². The summed E-state index contributed by atoms with van der Waals surface area (Å²) in [6, 6.07) is 4.64. The van der Waals surface area contributed by atoms with E-state index in [1.807, 2.05) is 13.1 Å². The molecule has 0 aromatic carbocycles. The van der Waals surface area contributed by atoms with E-state index in [9.17, 15) is 23.1 Å². The molecule has 0 radical (unpaired) electrons. The van der Waals surface area contributed by atoms with Gasteiger partial charge in [0.05, 0.1) is 11.6 Å². The maximum atomic E-state index is 11.3. The fourth-order valence-corrected chi connectivity index (χ4v) is 3.03. The van der Waals surface area contributed by atoms with Crippen LogP contribution in [0.1, 0.15) is 44.9 Å². The third-order valence-corrected chi connectivity index (χ3v) is 4.77. The topological polar surface area (TPSA) is 90.7 Å². The molecule has 1 aromatic heterocycles. The molecule has 2 N–H and O–H groups in total. The highest BCUT2D eigenvalue weighted by molar-refractivity contribution is 5.73. The van der Waals surface area contributed by atoms with E-state index in [0.717, 1.165) is 31.5 Å². The molecule has 6 nitrogen and oxygen atoms in total. The zero-order chi connectivity index (χ0) is 20.8. The van der Waals surface area contributed by atoms with Crippen molar-refractivity contribution in [3.8, 4) is 0 Å². The Hall–Kier alpha value is -2.16. The average molecular weight is 390 g/mol. The number of aryl methyl sites for hydroxylation is 1. The number of aliphatic carboxylic acids is 2. The van der Waals surface area contributed by atoms with Crippen molar-refractivity contribution >= 4 is 11.9 Å². The summed E-state index contributed by atoms with van der Waals surface area (Å²) in [5, 5.41) is 16.4. The third-order valence-electron chi connectivity index (χ3n) is 4.77. The maximum Gasteiger partial charge on any atom is 0.490 e. The van der Waals surface area contributed by atoms with E-state index in [1.54, 1.807) is 0 Å². The standard InChI is InChI=1S/C16H24N2O2.C2HF3O2/c1-4-13-6-7-14(17-9-13)10-18-11(2)5-8-15(12(18)3)16(19)20;3-2(4,5)1(6)7/h6-7,9,11-12,15H,4-5,8,10H2,1-3H3,(H,19,20);(H,6,7). The van der Waals surface area contributed by atoms with Crippen LogP contribution in [0.25, 0.3) is 0 Å². The number of carboxylic acids is 2. The molecule has 1 fully saturated rings. The Labute approximate surface area is 156 Å². The summed E-state index contributed by atoms with van der Waals surface area (Å²) in [4.78, 5) is 27.0. The van der Waals surface area contributed by atoms with E-state index in [2.05, 4.69) is 35.9 Å². The van der Waals surface area contributed by atoms with Crippen LogP contribution in [0.5, 0.6) is 0 Å². The van der Waals surface area contributed by atoms with E-state index in [1.165, 1.54) is 5.56 Å². The van der Waals surface area contributed by atoms with Crippen LogP contribution in [0.2, 0.25) is 0 Å². The molecule has 9 heteroatoms. The van der Waals surface area contributed by atoms with E-state index < -0.39 is 18.1 Å². The molecule has 0 bridgehead atoms. The summed E-state index contributed by atoms with van der Waals surface area (Å²) in [5.74, 6) is -3.70. The van der Waals surface area contributed by atoms with Crippen LogP contribution >= 0.6 is 0 Å². The molecule has 1 aliphatic heterocycles. The van der Waals surface area contributed by atoms with Crippen LogP contribution < -0.4 is 0 Å². The van der Waals surface area contributed by atoms with E-state index in [0.29, 0.717) is 6.04 Å².